The van der Waals surface area contributed by atoms with Crippen LogP contribution in [0.3, 0.4) is 0 Å². The number of fused-ring (bicyclic) bond motifs is 1. The highest BCUT2D eigenvalue weighted by Crippen LogP contribution is 2.35. The van der Waals surface area contributed by atoms with Gasteiger partial charge in [0.15, 0.2) is 12.7 Å². The summed E-state index contributed by atoms with van der Waals surface area (Å²) in [5.41, 5.74) is 2.44. The number of carbonyl (C=O) groups excluding carboxylic acids is 1. The van der Waals surface area contributed by atoms with E-state index in [1.54, 1.807) is 7.11 Å². The number of ether oxygens (including phenoxy) is 2. The predicted molar refractivity (Wildman–Crippen MR) is 127 cm³/mol. The number of nitrogens with one attached hydrogen (secondary N) is 1. The summed E-state index contributed by atoms with van der Waals surface area (Å²) in [5, 5.41) is 0. The van der Waals surface area contributed by atoms with Crippen molar-refractivity contribution < 1.29 is 19.2 Å². The Labute approximate surface area is 193 Å². The van der Waals surface area contributed by atoms with Gasteiger partial charge in [-0.1, -0.05) is 33.6 Å². The summed E-state index contributed by atoms with van der Waals surface area (Å²) < 4.78 is 11.5. The fraction of sp³-hybridized carbons (Fsp3) is 0.667. The van der Waals surface area contributed by atoms with Crippen LogP contribution in [0.5, 0.6) is 5.75 Å². The standard InChI is InChI=1S/C27H40N2O3/c1-19(2)23-14-9-20(3)16-25(23)32-27(30)18-28-17-24(21-10-12-22(31-4)13-11-21)29-15-7-5-6-8-26(28)29/h10-13,17,19-20,23,25-26H,5-9,14-16,18H2,1-4H3/p+1/t20-,23-,25+,26?/m1/s1. The monoisotopic (exact) mass is 441 g/mol. The lowest BCUT2D eigenvalue weighted by molar-refractivity contribution is -0.870. The van der Waals surface area contributed by atoms with Gasteiger partial charge >= 0.3 is 5.97 Å². The summed E-state index contributed by atoms with van der Waals surface area (Å²) in [5.74, 6) is 2.51. The first-order valence-electron chi connectivity index (χ1n) is 12.6. The molecule has 1 N–H and O–H groups in total. The Kier molecular flexibility index (Phi) is 7.44. The van der Waals surface area contributed by atoms with Gasteiger partial charge in [0.2, 0.25) is 0 Å². The maximum atomic E-state index is 13.1. The van der Waals surface area contributed by atoms with Crippen molar-refractivity contribution in [1.82, 2.24) is 4.90 Å². The zero-order valence-corrected chi connectivity index (χ0v) is 20.3. The molecule has 176 valence electrons. The molecule has 1 saturated heterocycles. The van der Waals surface area contributed by atoms with Crippen molar-refractivity contribution in [3.8, 4) is 5.75 Å². The Balaban J connectivity index is 1.49. The van der Waals surface area contributed by atoms with Gasteiger partial charge in [0.1, 0.15) is 23.8 Å². The van der Waals surface area contributed by atoms with Crippen LogP contribution < -0.4 is 9.64 Å². The molecule has 0 bridgehead atoms. The van der Waals surface area contributed by atoms with Crippen molar-refractivity contribution in [2.75, 3.05) is 20.2 Å². The highest BCUT2D eigenvalue weighted by molar-refractivity contribution is 5.71. The lowest BCUT2D eigenvalue weighted by atomic mass is 9.75. The molecule has 2 aliphatic heterocycles. The van der Waals surface area contributed by atoms with Gasteiger partial charge in [-0.25, -0.2) is 4.79 Å². The lowest BCUT2D eigenvalue weighted by Crippen LogP contribution is -3.12. The average molecular weight is 442 g/mol. The normalized spacial score (nSPS) is 30.5. The van der Waals surface area contributed by atoms with Crippen molar-refractivity contribution >= 4 is 11.7 Å². The molecule has 0 amide bonds. The molecular weight excluding hydrogens is 400 g/mol. The number of methoxy groups -OCH3 is 1. The van der Waals surface area contributed by atoms with Gasteiger partial charge in [0.05, 0.1) is 7.11 Å². The first-order valence-corrected chi connectivity index (χ1v) is 12.6. The highest BCUT2D eigenvalue weighted by Gasteiger charge is 2.40. The summed E-state index contributed by atoms with van der Waals surface area (Å²) in [6.45, 7) is 8.28. The van der Waals surface area contributed by atoms with E-state index in [0.717, 1.165) is 25.1 Å². The van der Waals surface area contributed by atoms with E-state index in [4.69, 9.17) is 9.47 Å². The third kappa shape index (κ3) is 5.14. The van der Waals surface area contributed by atoms with Gasteiger partial charge in [0.25, 0.3) is 0 Å². The second kappa shape index (κ2) is 10.3. The molecule has 5 heteroatoms. The third-order valence-corrected chi connectivity index (χ3v) is 7.79. The Bertz CT molecular complexity index is 804. The minimum atomic E-state index is -0.0406. The topological polar surface area (TPSA) is 43.2 Å². The molecule has 5 nitrogen and oxygen atoms in total. The Morgan fingerprint density at radius 1 is 1.12 bits per heavy atom. The Hall–Kier alpha value is -2.01. The van der Waals surface area contributed by atoms with Crippen LogP contribution in [0, 0.1) is 17.8 Å². The summed E-state index contributed by atoms with van der Waals surface area (Å²) in [6.07, 6.45) is 10.9. The molecule has 0 spiro atoms. The van der Waals surface area contributed by atoms with Crippen LogP contribution in [-0.4, -0.2) is 43.3 Å². The number of hydrogen-bond acceptors (Lipinski definition) is 4. The van der Waals surface area contributed by atoms with E-state index in [2.05, 4.69) is 44.0 Å². The van der Waals surface area contributed by atoms with Crippen molar-refractivity contribution in [3.63, 3.8) is 0 Å². The molecule has 5 atom stereocenters. The van der Waals surface area contributed by atoms with Crippen molar-refractivity contribution in [1.29, 1.82) is 0 Å². The van der Waals surface area contributed by atoms with Gasteiger partial charge in [-0.15, -0.1) is 0 Å². The molecule has 2 heterocycles. The first kappa shape index (κ1) is 23.2. The number of nitrogens with zero attached hydrogens (tertiary/aromatic N) is 1. The number of benzene rings is 1. The molecule has 32 heavy (non-hydrogen) atoms. The molecule has 0 radical (unpaired) electrons. The van der Waals surface area contributed by atoms with E-state index in [1.807, 2.05) is 12.1 Å². The number of quaternary nitrogens is 1. The molecule has 1 aromatic rings. The minimum Gasteiger partial charge on any atom is -0.497 e. The smallest absolute Gasteiger partial charge is 0.362 e. The third-order valence-electron chi connectivity index (χ3n) is 7.79. The minimum absolute atomic E-state index is 0.0406. The van der Waals surface area contributed by atoms with Crippen LogP contribution >= 0.6 is 0 Å². The first-order chi connectivity index (χ1) is 15.5. The fourth-order valence-corrected chi connectivity index (χ4v) is 5.94. The van der Waals surface area contributed by atoms with Crippen LogP contribution in [0.15, 0.2) is 30.5 Å². The Morgan fingerprint density at radius 2 is 1.91 bits per heavy atom. The molecule has 0 aromatic heterocycles. The number of esters is 1. The second-order valence-electron chi connectivity index (χ2n) is 10.4. The molecule has 3 aliphatic rings. The van der Waals surface area contributed by atoms with E-state index in [0.29, 0.717) is 30.5 Å². The molecular formula is C27H41N2O3+. The number of rotatable bonds is 6. The van der Waals surface area contributed by atoms with Gasteiger partial charge in [-0.3, -0.25) is 4.90 Å². The predicted octanol–water partition coefficient (Wildman–Crippen LogP) is 4.10. The second-order valence-corrected chi connectivity index (χ2v) is 10.4. The van der Waals surface area contributed by atoms with E-state index < -0.39 is 0 Å². The zero-order chi connectivity index (χ0) is 22.7. The van der Waals surface area contributed by atoms with E-state index in [1.165, 1.54) is 48.3 Å². The maximum absolute atomic E-state index is 13.1. The Morgan fingerprint density at radius 3 is 2.62 bits per heavy atom. The summed E-state index contributed by atoms with van der Waals surface area (Å²) in [4.78, 5) is 16.9. The van der Waals surface area contributed by atoms with E-state index in [9.17, 15) is 4.79 Å². The molecule has 2 fully saturated rings. The van der Waals surface area contributed by atoms with Crippen LogP contribution in [0.1, 0.15) is 71.3 Å². The highest BCUT2D eigenvalue weighted by atomic mass is 16.5. The lowest BCUT2D eigenvalue weighted by Gasteiger charge is -2.36. The SMILES string of the molecule is COc1ccc(C2=C[NH+](CC(=O)O[C@H]3C[C@H](C)CC[C@@H]3C(C)C)C3CCCCCN23)cc1. The fourth-order valence-electron chi connectivity index (χ4n) is 5.94. The molecule has 1 aliphatic carbocycles. The van der Waals surface area contributed by atoms with Crippen LogP contribution in [0.4, 0.5) is 0 Å². The van der Waals surface area contributed by atoms with Crippen LogP contribution in [0.2, 0.25) is 0 Å². The zero-order valence-electron chi connectivity index (χ0n) is 20.3. The largest absolute Gasteiger partial charge is 0.497 e. The molecule has 2 unspecified atom stereocenters. The molecule has 1 saturated carbocycles. The summed E-state index contributed by atoms with van der Waals surface area (Å²) in [7, 11) is 1.70. The quantitative estimate of drug-likeness (QED) is 0.675. The van der Waals surface area contributed by atoms with Gasteiger partial charge < -0.3 is 14.4 Å². The van der Waals surface area contributed by atoms with Crippen molar-refractivity contribution in [3.05, 3.63) is 36.0 Å². The van der Waals surface area contributed by atoms with Crippen molar-refractivity contribution in [2.24, 2.45) is 17.8 Å². The van der Waals surface area contributed by atoms with Gasteiger partial charge in [-0.05, 0) is 67.7 Å². The number of carbonyl (C=O) groups is 1. The summed E-state index contributed by atoms with van der Waals surface area (Å²) in [6, 6.07) is 8.30. The van der Waals surface area contributed by atoms with Gasteiger partial charge in [0, 0.05) is 18.5 Å². The van der Waals surface area contributed by atoms with Crippen LogP contribution in [0.25, 0.3) is 5.70 Å². The van der Waals surface area contributed by atoms with Crippen LogP contribution in [-0.2, 0) is 9.53 Å². The summed E-state index contributed by atoms with van der Waals surface area (Å²) >= 11 is 0. The number of hydrogen-bond donors (Lipinski definition) is 1. The van der Waals surface area contributed by atoms with Gasteiger partial charge in [-0.2, -0.15) is 0 Å². The van der Waals surface area contributed by atoms with E-state index >= 15 is 0 Å². The molecule has 1 aromatic carbocycles. The van der Waals surface area contributed by atoms with E-state index in [-0.39, 0.29) is 12.1 Å². The maximum Gasteiger partial charge on any atom is 0.362 e. The average Bonchev–Trinajstić information content (AvgIpc) is 2.94. The molecule has 4 rings (SSSR count). The van der Waals surface area contributed by atoms with Crippen molar-refractivity contribution in [2.45, 2.75) is 78.0 Å².